The zero-order chi connectivity index (χ0) is 19.3. The Bertz CT molecular complexity index is 779. The normalized spacial score (nSPS) is 18.3. The second-order valence-electron chi connectivity index (χ2n) is 8.02. The molecule has 28 heavy (non-hydrogen) atoms. The average molecular weight is 380 g/mol. The highest BCUT2D eigenvalue weighted by molar-refractivity contribution is 5.72. The van der Waals surface area contributed by atoms with Crippen molar-refractivity contribution in [3.05, 3.63) is 41.6 Å². The standard InChI is InChI=1S/C24H33N3O/c1-3-26-14-16-27(17-15-26)24-18-22(19-10-12-20(28-2)13-11-19)21-8-6-4-5-7-9-23(21)25-24/h10-13,18H,3-9,14-17H2,1-2H3. The highest BCUT2D eigenvalue weighted by Crippen LogP contribution is 2.34. The number of nitrogens with zero attached hydrogens (tertiary/aromatic N) is 3. The van der Waals surface area contributed by atoms with Crippen LogP contribution in [0.4, 0.5) is 5.82 Å². The fourth-order valence-electron chi connectivity index (χ4n) is 4.53. The summed E-state index contributed by atoms with van der Waals surface area (Å²) in [5, 5.41) is 0. The number of hydrogen-bond donors (Lipinski definition) is 0. The van der Waals surface area contributed by atoms with Crippen molar-refractivity contribution in [1.29, 1.82) is 0 Å². The number of rotatable bonds is 4. The van der Waals surface area contributed by atoms with Crippen molar-refractivity contribution < 1.29 is 4.74 Å². The molecule has 1 fully saturated rings. The number of benzene rings is 1. The topological polar surface area (TPSA) is 28.6 Å². The van der Waals surface area contributed by atoms with E-state index in [2.05, 4.69) is 47.1 Å². The number of anilines is 1. The quantitative estimate of drug-likeness (QED) is 0.779. The number of fused-ring (bicyclic) bond motifs is 1. The molecule has 2 aliphatic rings. The first-order valence-corrected chi connectivity index (χ1v) is 10.9. The number of pyridine rings is 1. The van der Waals surface area contributed by atoms with E-state index in [4.69, 9.17) is 9.72 Å². The molecule has 2 aromatic rings. The second kappa shape index (κ2) is 8.95. The van der Waals surface area contributed by atoms with Gasteiger partial charge in [-0.15, -0.1) is 0 Å². The van der Waals surface area contributed by atoms with Crippen molar-refractivity contribution in [1.82, 2.24) is 9.88 Å². The molecule has 2 heterocycles. The molecule has 1 aliphatic carbocycles. The Morgan fingerprint density at radius 1 is 0.929 bits per heavy atom. The van der Waals surface area contributed by atoms with Gasteiger partial charge in [-0.05, 0) is 67.1 Å². The van der Waals surface area contributed by atoms with Crippen LogP contribution in [0.5, 0.6) is 5.75 Å². The molecule has 0 spiro atoms. The van der Waals surface area contributed by atoms with E-state index in [1.54, 1.807) is 7.11 Å². The minimum absolute atomic E-state index is 0.914. The molecule has 1 aromatic carbocycles. The lowest BCUT2D eigenvalue weighted by Crippen LogP contribution is -2.46. The summed E-state index contributed by atoms with van der Waals surface area (Å²) in [5.74, 6) is 2.08. The van der Waals surface area contributed by atoms with Gasteiger partial charge >= 0.3 is 0 Å². The smallest absolute Gasteiger partial charge is 0.129 e. The highest BCUT2D eigenvalue weighted by Gasteiger charge is 2.21. The lowest BCUT2D eigenvalue weighted by atomic mass is 9.90. The minimum atomic E-state index is 0.914. The molecule has 0 N–H and O–H groups in total. The molecule has 4 nitrogen and oxygen atoms in total. The Kier molecular flexibility index (Phi) is 6.16. The van der Waals surface area contributed by atoms with Gasteiger partial charge in [0.2, 0.25) is 0 Å². The summed E-state index contributed by atoms with van der Waals surface area (Å²) in [6, 6.07) is 10.9. The molecule has 4 rings (SSSR count). The Hall–Kier alpha value is -2.07. The summed E-state index contributed by atoms with van der Waals surface area (Å²) in [6.45, 7) is 7.80. The molecular formula is C24H33N3O. The SMILES string of the molecule is CCN1CCN(c2cc(-c3ccc(OC)cc3)c3c(n2)CCCCCC3)CC1. The molecule has 0 radical (unpaired) electrons. The van der Waals surface area contributed by atoms with Crippen molar-refractivity contribution in [3.8, 4) is 16.9 Å². The van der Waals surface area contributed by atoms with Gasteiger partial charge < -0.3 is 14.5 Å². The van der Waals surface area contributed by atoms with Gasteiger partial charge in [-0.3, -0.25) is 0 Å². The van der Waals surface area contributed by atoms with E-state index in [1.165, 1.54) is 53.9 Å². The van der Waals surface area contributed by atoms with Gasteiger partial charge in [-0.25, -0.2) is 4.98 Å². The summed E-state index contributed by atoms with van der Waals surface area (Å²) in [7, 11) is 1.73. The van der Waals surface area contributed by atoms with Gasteiger partial charge in [0.15, 0.2) is 0 Å². The molecule has 150 valence electrons. The van der Waals surface area contributed by atoms with E-state index in [1.807, 2.05) is 0 Å². The van der Waals surface area contributed by atoms with Gasteiger partial charge in [-0.2, -0.15) is 0 Å². The number of aromatic nitrogens is 1. The van der Waals surface area contributed by atoms with E-state index in [-0.39, 0.29) is 0 Å². The fraction of sp³-hybridized carbons (Fsp3) is 0.542. The van der Waals surface area contributed by atoms with E-state index in [0.29, 0.717) is 0 Å². The maximum atomic E-state index is 5.37. The third kappa shape index (κ3) is 4.17. The molecular weight excluding hydrogens is 346 g/mol. The van der Waals surface area contributed by atoms with Gasteiger partial charge in [0.05, 0.1) is 7.11 Å². The Labute approximate surface area is 169 Å². The molecule has 1 aromatic heterocycles. The largest absolute Gasteiger partial charge is 0.497 e. The lowest BCUT2D eigenvalue weighted by molar-refractivity contribution is 0.270. The number of likely N-dealkylation sites (N-methyl/N-ethyl adjacent to an activating group) is 1. The number of aryl methyl sites for hydroxylation is 1. The maximum Gasteiger partial charge on any atom is 0.129 e. The minimum Gasteiger partial charge on any atom is -0.497 e. The Morgan fingerprint density at radius 2 is 1.64 bits per heavy atom. The number of methoxy groups -OCH3 is 1. The van der Waals surface area contributed by atoms with Crippen LogP contribution in [0, 0.1) is 0 Å². The summed E-state index contributed by atoms with van der Waals surface area (Å²) in [6.07, 6.45) is 7.46. The van der Waals surface area contributed by atoms with E-state index < -0.39 is 0 Å². The predicted octanol–water partition coefficient (Wildman–Crippen LogP) is 4.56. The van der Waals surface area contributed by atoms with Crippen LogP contribution in [0.1, 0.15) is 43.9 Å². The molecule has 0 atom stereocenters. The van der Waals surface area contributed by atoms with Gasteiger partial charge in [0, 0.05) is 31.9 Å². The van der Waals surface area contributed by atoms with Crippen molar-refractivity contribution in [2.75, 3.05) is 44.7 Å². The summed E-state index contributed by atoms with van der Waals surface area (Å²) in [4.78, 5) is 10.2. The van der Waals surface area contributed by atoms with Crippen LogP contribution < -0.4 is 9.64 Å². The van der Waals surface area contributed by atoms with Crippen LogP contribution in [-0.2, 0) is 12.8 Å². The van der Waals surface area contributed by atoms with E-state index >= 15 is 0 Å². The van der Waals surface area contributed by atoms with Crippen LogP contribution >= 0.6 is 0 Å². The zero-order valence-electron chi connectivity index (χ0n) is 17.4. The maximum absolute atomic E-state index is 5.37. The number of piperazine rings is 1. The average Bonchev–Trinajstić information content (AvgIpc) is 2.74. The van der Waals surface area contributed by atoms with Crippen molar-refractivity contribution in [2.24, 2.45) is 0 Å². The van der Waals surface area contributed by atoms with E-state index in [9.17, 15) is 0 Å². The van der Waals surface area contributed by atoms with E-state index in [0.717, 1.165) is 51.3 Å². The van der Waals surface area contributed by atoms with Crippen molar-refractivity contribution in [3.63, 3.8) is 0 Å². The summed E-state index contributed by atoms with van der Waals surface area (Å²) < 4.78 is 5.37. The van der Waals surface area contributed by atoms with Crippen molar-refractivity contribution in [2.45, 2.75) is 45.4 Å². The molecule has 1 aliphatic heterocycles. The highest BCUT2D eigenvalue weighted by atomic mass is 16.5. The molecule has 0 amide bonds. The summed E-state index contributed by atoms with van der Waals surface area (Å²) in [5.41, 5.74) is 5.47. The van der Waals surface area contributed by atoms with Crippen molar-refractivity contribution >= 4 is 5.82 Å². The first-order chi connectivity index (χ1) is 13.8. The molecule has 0 bridgehead atoms. The first-order valence-electron chi connectivity index (χ1n) is 10.9. The summed E-state index contributed by atoms with van der Waals surface area (Å²) >= 11 is 0. The van der Waals surface area contributed by atoms with Crippen LogP contribution in [0.15, 0.2) is 30.3 Å². The van der Waals surface area contributed by atoms with Gasteiger partial charge in [0.1, 0.15) is 11.6 Å². The fourth-order valence-corrected chi connectivity index (χ4v) is 4.53. The van der Waals surface area contributed by atoms with Crippen LogP contribution in [-0.4, -0.2) is 49.7 Å². The zero-order valence-corrected chi connectivity index (χ0v) is 17.4. The van der Waals surface area contributed by atoms with Gasteiger partial charge in [-0.1, -0.05) is 31.9 Å². The number of hydrogen-bond acceptors (Lipinski definition) is 4. The van der Waals surface area contributed by atoms with Crippen LogP contribution in [0.3, 0.4) is 0 Å². The second-order valence-corrected chi connectivity index (χ2v) is 8.02. The number of ether oxygens (including phenoxy) is 1. The predicted molar refractivity (Wildman–Crippen MR) is 116 cm³/mol. The monoisotopic (exact) mass is 379 g/mol. The van der Waals surface area contributed by atoms with Crippen LogP contribution in [0.25, 0.3) is 11.1 Å². The third-order valence-electron chi connectivity index (χ3n) is 6.33. The first kappa shape index (κ1) is 19.3. The molecule has 0 unspecified atom stereocenters. The molecule has 1 saturated heterocycles. The Balaban J connectivity index is 1.72. The lowest BCUT2D eigenvalue weighted by Gasteiger charge is -2.35. The van der Waals surface area contributed by atoms with Gasteiger partial charge in [0.25, 0.3) is 0 Å². The Morgan fingerprint density at radius 3 is 2.32 bits per heavy atom. The van der Waals surface area contributed by atoms with Crippen LogP contribution in [0.2, 0.25) is 0 Å². The molecule has 0 saturated carbocycles. The molecule has 4 heteroatoms. The third-order valence-corrected chi connectivity index (χ3v) is 6.33.